The lowest BCUT2D eigenvalue weighted by Gasteiger charge is -2.35. The molecule has 8 heteroatoms. The molecule has 114 valence electrons. The number of hydroxylamine groups is 1. The molecule has 0 radical (unpaired) electrons. The summed E-state index contributed by atoms with van der Waals surface area (Å²) in [5, 5.41) is 39.0. The lowest BCUT2D eigenvalue weighted by atomic mass is 9.75. The van der Waals surface area contributed by atoms with Crippen molar-refractivity contribution in [1.29, 1.82) is 0 Å². The monoisotopic (exact) mass is 302 g/mol. The van der Waals surface area contributed by atoms with Crippen LogP contribution in [0, 0.1) is 10.4 Å². The van der Waals surface area contributed by atoms with E-state index >= 15 is 0 Å². The smallest absolute Gasteiger partial charge is 0.262 e. The van der Waals surface area contributed by atoms with Crippen molar-refractivity contribution in [1.82, 2.24) is 5.16 Å². The second kappa shape index (κ2) is 4.05. The van der Waals surface area contributed by atoms with Gasteiger partial charge in [-0.05, 0) is 17.0 Å². The van der Waals surface area contributed by atoms with E-state index < -0.39 is 11.3 Å². The first-order valence-electron chi connectivity index (χ1n) is 6.96. The zero-order valence-corrected chi connectivity index (χ0v) is 11.6. The van der Waals surface area contributed by atoms with E-state index in [2.05, 4.69) is 9.79 Å². The number of rotatable bonds is 1. The number of hydrogen-bond acceptors (Lipinski definition) is 6. The highest BCUT2D eigenvalue weighted by Crippen LogP contribution is 2.46. The Balaban J connectivity index is 1.89. The van der Waals surface area contributed by atoms with Crippen molar-refractivity contribution < 1.29 is 19.4 Å². The second-order valence-electron chi connectivity index (χ2n) is 5.79. The molecule has 4 rings (SSSR count). The molecule has 2 aromatic rings. The first kappa shape index (κ1) is 13.2. The summed E-state index contributed by atoms with van der Waals surface area (Å²) in [6.45, 7) is 0. The first-order valence-corrected chi connectivity index (χ1v) is 6.96. The first-order chi connectivity index (χ1) is 10.5. The third-order valence-corrected chi connectivity index (χ3v) is 4.69. The minimum absolute atomic E-state index is 0.0173. The van der Waals surface area contributed by atoms with Gasteiger partial charge in [0.05, 0.1) is 6.42 Å². The maximum atomic E-state index is 12.7. The van der Waals surface area contributed by atoms with Gasteiger partial charge in [0.25, 0.3) is 11.4 Å². The molecule has 0 bridgehead atoms. The summed E-state index contributed by atoms with van der Waals surface area (Å²) in [6.07, 6.45) is 0.346. The van der Waals surface area contributed by atoms with Crippen molar-refractivity contribution in [3.8, 4) is 0 Å². The summed E-state index contributed by atoms with van der Waals surface area (Å²) in [5.41, 5.74) is 4.29. The molecule has 1 aliphatic carbocycles. The van der Waals surface area contributed by atoms with Crippen LogP contribution in [0.1, 0.15) is 29.8 Å². The predicted octanol–water partition coefficient (Wildman–Crippen LogP) is -0.500. The number of aromatic nitrogens is 2. The van der Waals surface area contributed by atoms with E-state index in [-0.39, 0.29) is 35.6 Å². The van der Waals surface area contributed by atoms with Crippen LogP contribution in [-0.4, -0.2) is 26.4 Å². The molecule has 22 heavy (non-hydrogen) atoms. The topological polar surface area (TPSA) is 125 Å². The number of nitrogens with zero attached hydrogens (tertiary/aromatic N) is 3. The fraction of sp³-hybridized carbons (Fsp3) is 0.357. The van der Waals surface area contributed by atoms with Crippen molar-refractivity contribution in [2.75, 3.05) is 0 Å². The number of benzene rings is 1. The summed E-state index contributed by atoms with van der Waals surface area (Å²) in [5.74, 6) is 0. The fourth-order valence-electron chi connectivity index (χ4n) is 3.42. The molecule has 1 aliphatic heterocycles. The molecular weight excluding hydrogens is 288 g/mol. The summed E-state index contributed by atoms with van der Waals surface area (Å²) < 4.78 is 5.24. The average molecular weight is 302 g/mol. The van der Waals surface area contributed by atoms with Crippen LogP contribution in [0.3, 0.4) is 0 Å². The van der Waals surface area contributed by atoms with Gasteiger partial charge >= 0.3 is 0 Å². The van der Waals surface area contributed by atoms with Gasteiger partial charge in [-0.2, -0.15) is 4.74 Å². The molecule has 2 aliphatic rings. The molecule has 8 nitrogen and oxygen atoms in total. The molecule has 0 amide bonds. The molecule has 0 saturated heterocycles. The van der Waals surface area contributed by atoms with E-state index in [1.54, 1.807) is 24.3 Å². The number of nitrogens with two attached hydrogens (primary N) is 1. The highest BCUT2D eigenvalue weighted by molar-refractivity contribution is 5.99. The summed E-state index contributed by atoms with van der Waals surface area (Å²) in [7, 11) is 0. The SMILES string of the molecule is NC12CCc3c(no[n+]3[O-])C1(O)CC(c1ccccc1)=[N+]2[O-]. The summed E-state index contributed by atoms with van der Waals surface area (Å²) in [6, 6.07) is 9.00. The largest absolute Gasteiger partial charge is 0.622 e. The fourth-order valence-corrected chi connectivity index (χ4v) is 3.42. The number of hydrogen-bond donors (Lipinski definition) is 2. The van der Waals surface area contributed by atoms with E-state index in [0.29, 0.717) is 16.0 Å². The van der Waals surface area contributed by atoms with Crippen molar-refractivity contribution in [2.24, 2.45) is 5.73 Å². The Morgan fingerprint density at radius 1 is 1.27 bits per heavy atom. The van der Waals surface area contributed by atoms with Gasteiger partial charge in [0, 0.05) is 23.6 Å². The van der Waals surface area contributed by atoms with Gasteiger partial charge < -0.3 is 15.5 Å². The van der Waals surface area contributed by atoms with Gasteiger partial charge in [-0.25, -0.2) is 0 Å². The van der Waals surface area contributed by atoms with E-state index in [9.17, 15) is 15.5 Å². The van der Waals surface area contributed by atoms with E-state index in [0.717, 1.165) is 0 Å². The van der Waals surface area contributed by atoms with E-state index in [4.69, 9.17) is 5.73 Å². The average Bonchev–Trinajstić information content (AvgIpc) is 3.00. The van der Waals surface area contributed by atoms with Crippen LogP contribution in [-0.2, 0) is 12.0 Å². The molecular formula is C14H14N4O4. The Bertz CT molecular complexity index is 787. The molecule has 3 N–H and O–H groups in total. The van der Waals surface area contributed by atoms with Gasteiger partial charge in [-0.15, -0.1) is 0 Å². The molecule has 0 saturated carbocycles. The Morgan fingerprint density at radius 2 is 2.00 bits per heavy atom. The van der Waals surface area contributed by atoms with Gasteiger partial charge in [-0.1, -0.05) is 18.2 Å². The number of fused-ring (bicyclic) bond motifs is 3. The van der Waals surface area contributed by atoms with Crippen LogP contribution < -0.4 is 10.6 Å². The van der Waals surface area contributed by atoms with Crippen LogP contribution >= 0.6 is 0 Å². The van der Waals surface area contributed by atoms with Gasteiger partial charge in [0.2, 0.25) is 11.3 Å². The maximum absolute atomic E-state index is 12.7. The van der Waals surface area contributed by atoms with Crippen LogP contribution in [0.25, 0.3) is 0 Å². The Labute approximate surface area is 125 Å². The third-order valence-electron chi connectivity index (χ3n) is 4.69. The second-order valence-corrected chi connectivity index (χ2v) is 5.79. The van der Waals surface area contributed by atoms with Crippen LogP contribution in [0.5, 0.6) is 0 Å². The molecule has 1 aromatic carbocycles. The molecule has 2 unspecified atom stereocenters. The van der Waals surface area contributed by atoms with Gasteiger partial charge in [0.1, 0.15) is 0 Å². The highest BCUT2D eigenvalue weighted by Gasteiger charge is 2.69. The zero-order valence-electron chi connectivity index (χ0n) is 11.6. The molecule has 2 atom stereocenters. The summed E-state index contributed by atoms with van der Waals surface area (Å²) >= 11 is 0. The predicted molar refractivity (Wildman–Crippen MR) is 73.4 cm³/mol. The van der Waals surface area contributed by atoms with Crippen molar-refractivity contribution in [3.05, 3.63) is 57.7 Å². The quantitative estimate of drug-likeness (QED) is 0.540. The standard InChI is InChI=1S/C14H14N4O4/c15-14-7-6-10-12(16-22-18(10)21)13(14,19)8-11(17(14)20)9-4-2-1-3-5-9/h1-5,19H,6-8,15H2. The van der Waals surface area contributed by atoms with Crippen molar-refractivity contribution in [2.45, 2.75) is 30.5 Å². The summed E-state index contributed by atoms with van der Waals surface area (Å²) in [4.78, 5) is 0.266. The van der Waals surface area contributed by atoms with E-state index in [1.807, 2.05) is 6.07 Å². The van der Waals surface area contributed by atoms with Crippen molar-refractivity contribution in [3.63, 3.8) is 0 Å². The molecule has 2 heterocycles. The molecule has 0 spiro atoms. The van der Waals surface area contributed by atoms with Crippen LogP contribution in [0.15, 0.2) is 35.0 Å². The van der Waals surface area contributed by atoms with Crippen LogP contribution in [0.4, 0.5) is 0 Å². The Kier molecular flexibility index (Phi) is 2.44. The van der Waals surface area contributed by atoms with Gasteiger partial charge in [0.15, 0.2) is 5.71 Å². The van der Waals surface area contributed by atoms with Gasteiger partial charge in [-0.3, -0.25) is 10.4 Å². The molecule has 1 aromatic heterocycles. The Hall–Kier alpha value is -2.45. The minimum atomic E-state index is -1.74. The normalized spacial score (nSPS) is 30.3. The maximum Gasteiger partial charge on any atom is 0.262 e. The Morgan fingerprint density at radius 3 is 2.73 bits per heavy atom. The zero-order chi connectivity index (χ0) is 15.5. The highest BCUT2D eigenvalue weighted by atomic mass is 16.8. The number of aliphatic hydroxyl groups is 1. The third kappa shape index (κ3) is 1.40. The van der Waals surface area contributed by atoms with Crippen LogP contribution in [0.2, 0.25) is 0 Å². The molecule has 0 fully saturated rings. The minimum Gasteiger partial charge on any atom is -0.622 e. The van der Waals surface area contributed by atoms with Crippen molar-refractivity contribution >= 4 is 5.71 Å². The lowest BCUT2D eigenvalue weighted by Crippen LogP contribution is -2.63. The van der Waals surface area contributed by atoms with E-state index in [1.165, 1.54) is 0 Å². The lowest BCUT2D eigenvalue weighted by molar-refractivity contribution is -0.808.